The Balaban J connectivity index is 2.02. The molecule has 2 aromatic carbocycles. The van der Waals surface area contributed by atoms with Crippen molar-refractivity contribution in [3.8, 4) is 11.3 Å². The van der Waals surface area contributed by atoms with E-state index in [1.807, 2.05) is 18.2 Å². The van der Waals surface area contributed by atoms with E-state index in [1.54, 1.807) is 22.9 Å². The first-order valence-electron chi connectivity index (χ1n) is 6.80. The average molecular weight is 317 g/mol. The summed E-state index contributed by atoms with van der Waals surface area (Å²) in [6.07, 6.45) is 0. The van der Waals surface area contributed by atoms with E-state index < -0.39 is 0 Å². The molecule has 1 aromatic heterocycles. The number of hydrogen-bond acceptors (Lipinski definition) is 3. The fourth-order valence-corrected chi connectivity index (χ4v) is 2.45. The molecular weight excluding hydrogens is 303 g/mol. The summed E-state index contributed by atoms with van der Waals surface area (Å²) < 4.78 is 15.1. The van der Waals surface area contributed by atoms with Crippen LogP contribution in [0.1, 0.15) is 11.3 Å². The number of rotatable bonds is 4. The summed E-state index contributed by atoms with van der Waals surface area (Å²) in [5, 5.41) is 8.91. The van der Waals surface area contributed by atoms with Gasteiger partial charge in [0.2, 0.25) is 0 Å². The monoisotopic (exact) mass is 316 g/mol. The molecule has 0 fully saturated rings. The zero-order valence-electron chi connectivity index (χ0n) is 11.7. The van der Waals surface area contributed by atoms with Crippen molar-refractivity contribution in [3.05, 3.63) is 70.6 Å². The highest BCUT2D eigenvalue weighted by Gasteiger charge is 2.14. The third-order valence-electron chi connectivity index (χ3n) is 3.34. The minimum Gasteiger partial charge on any atom is -0.325 e. The Hall–Kier alpha value is -2.24. The lowest BCUT2D eigenvalue weighted by atomic mass is 10.1. The minimum absolute atomic E-state index is 0.273. The zero-order chi connectivity index (χ0) is 15.5. The predicted molar refractivity (Wildman–Crippen MR) is 83.9 cm³/mol. The topological polar surface area (TPSA) is 56.7 Å². The van der Waals surface area contributed by atoms with Gasteiger partial charge in [-0.2, -0.15) is 0 Å². The van der Waals surface area contributed by atoms with Gasteiger partial charge in [-0.3, -0.25) is 0 Å². The van der Waals surface area contributed by atoms with Crippen LogP contribution in [0.25, 0.3) is 11.3 Å². The Labute approximate surface area is 132 Å². The molecule has 0 saturated carbocycles. The second-order valence-corrected chi connectivity index (χ2v) is 5.32. The molecule has 0 radical (unpaired) electrons. The lowest BCUT2D eigenvalue weighted by molar-refractivity contribution is 0.615. The third-order valence-corrected chi connectivity index (χ3v) is 3.59. The van der Waals surface area contributed by atoms with Crippen molar-refractivity contribution in [2.75, 3.05) is 0 Å². The maximum atomic E-state index is 13.3. The SMILES string of the molecule is NCc1nnn(Cc2cccc(F)c2)c1-c1ccc(Cl)cc1. The smallest absolute Gasteiger partial charge is 0.123 e. The number of nitrogens with two attached hydrogens (primary N) is 1. The molecule has 6 heteroatoms. The Morgan fingerprint density at radius 2 is 1.91 bits per heavy atom. The fraction of sp³-hybridized carbons (Fsp3) is 0.125. The van der Waals surface area contributed by atoms with Crippen LogP contribution in [0.4, 0.5) is 4.39 Å². The van der Waals surface area contributed by atoms with E-state index in [1.165, 1.54) is 12.1 Å². The maximum Gasteiger partial charge on any atom is 0.123 e. The second kappa shape index (κ2) is 6.25. The van der Waals surface area contributed by atoms with Gasteiger partial charge in [0, 0.05) is 17.1 Å². The number of benzene rings is 2. The molecular formula is C16H14ClFN4. The molecule has 3 aromatic rings. The average Bonchev–Trinajstić information content (AvgIpc) is 2.91. The predicted octanol–water partition coefficient (Wildman–Crippen LogP) is 3.24. The van der Waals surface area contributed by atoms with E-state index in [9.17, 15) is 4.39 Å². The highest BCUT2D eigenvalue weighted by Crippen LogP contribution is 2.24. The van der Waals surface area contributed by atoms with Gasteiger partial charge in [0.25, 0.3) is 0 Å². The van der Waals surface area contributed by atoms with Gasteiger partial charge in [0.1, 0.15) is 11.5 Å². The van der Waals surface area contributed by atoms with Gasteiger partial charge in [-0.05, 0) is 29.8 Å². The van der Waals surface area contributed by atoms with Crippen LogP contribution in [0.3, 0.4) is 0 Å². The molecule has 0 atom stereocenters. The standard InChI is InChI=1S/C16H14ClFN4/c17-13-6-4-12(5-7-13)16-15(9-19)20-21-22(16)10-11-2-1-3-14(18)8-11/h1-8H,9-10,19H2. The van der Waals surface area contributed by atoms with Gasteiger partial charge in [0.15, 0.2) is 0 Å². The molecule has 0 unspecified atom stereocenters. The van der Waals surface area contributed by atoms with Gasteiger partial charge in [-0.15, -0.1) is 5.10 Å². The summed E-state index contributed by atoms with van der Waals surface area (Å²) >= 11 is 5.93. The molecule has 0 aliphatic heterocycles. The number of nitrogens with zero attached hydrogens (tertiary/aromatic N) is 3. The lowest BCUT2D eigenvalue weighted by Crippen LogP contribution is -2.06. The Kier molecular flexibility index (Phi) is 4.18. The quantitative estimate of drug-likeness (QED) is 0.804. The van der Waals surface area contributed by atoms with Crippen LogP contribution in [-0.2, 0) is 13.1 Å². The maximum absolute atomic E-state index is 13.3. The molecule has 0 bridgehead atoms. The van der Waals surface area contributed by atoms with Gasteiger partial charge < -0.3 is 5.73 Å². The van der Waals surface area contributed by atoms with E-state index in [0.717, 1.165) is 16.8 Å². The molecule has 112 valence electrons. The largest absolute Gasteiger partial charge is 0.325 e. The van der Waals surface area contributed by atoms with Crippen LogP contribution in [0.5, 0.6) is 0 Å². The Morgan fingerprint density at radius 1 is 1.14 bits per heavy atom. The van der Waals surface area contributed by atoms with Crippen LogP contribution in [0.2, 0.25) is 5.02 Å². The van der Waals surface area contributed by atoms with Crippen molar-refractivity contribution in [2.24, 2.45) is 5.73 Å². The number of halogens is 2. The summed E-state index contributed by atoms with van der Waals surface area (Å²) in [4.78, 5) is 0. The normalized spacial score (nSPS) is 10.9. The molecule has 0 aliphatic carbocycles. The van der Waals surface area contributed by atoms with Crippen molar-refractivity contribution in [1.29, 1.82) is 0 Å². The van der Waals surface area contributed by atoms with E-state index in [4.69, 9.17) is 17.3 Å². The number of hydrogen-bond donors (Lipinski definition) is 1. The van der Waals surface area contributed by atoms with Crippen LogP contribution in [0, 0.1) is 5.82 Å². The highest BCUT2D eigenvalue weighted by molar-refractivity contribution is 6.30. The first-order valence-corrected chi connectivity index (χ1v) is 7.18. The van der Waals surface area contributed by atoms with Crippen LogP contribution >= 0.6 is 11.6 Å². The van der Waals surface area contributed by atoms with Gasteiger partial charge >= 0.3 is 0 Å². The van der Waals surface area contributed by atoms with E-state index in [-0.39, 0.29) is 12.4 Å². The summed E-state index contributed by atoms with van der Waals surface area (Å²) in [6, 6.07) is 13.8. The summed E-state index contributed by atoms with van der Waals surface area (Å²) in [6.45, 7) is 0.698. The summed E-state index contributed by atoms with van der Waals surface area (Å²) in [5.74, 6) is -0.273. The van der Waals surface area contributed by atoms with E-state index >= 15 is 0 Å². The molecule has 4 nitrogen and oxygen atoms in total. The van der Waals surface area contributed by atoms with Crippen molar-refractivity contribution < 1.29 is 4.39 Å². The summed E-state index contributed by atoms with van der Waals surface area (Å²) in [7, 11) is 0. The third kappa shape index (κ3) is 3.00. The molecule has 0 aliphatic rings. The Morgan fingerprint density at radius 3 is 2.59 bits per heavy atom. The molecule has 22 heavy (non-hydrogen) atoms. The molecule has 1 heterocycles. The van der Waals surface area contributed by atoms with Gasteiger partial charge in [-0.25, -0.2) is 9.07 Å². The van der Waals surface area contributed by atoms with E-state index in [2.05, 4.69) is 10.3 Å². The first kappa shape index (κ1) is 14.7. The van der Waals surface area contributed by atoms with Crippen LogP contribution in [0.15, 0.2) is 48.5 Å². The molecule has 0 amide bonds. The second-order valence-electron chi connectivity index (χ2n) is 4.88. The Bertz CT molecular complexity index is 783. The molecule has 2 N–H and O–H groups in total. The van der Waals surface area contributed by atoms with Crippen molar-refractivity contribution in [1.82, 2.24) is 15.0 Å². The van der Waals surface area contributed by atoms with Crippen LogP contribution < -0.4 is 5.73 Å². The lowest BCUT2D eigenvalue weighted by Gasteiger charge is -2.08. The molecule has 0 saturated heterocycles. The fourth-order valence-electron chi connectivity index (χ4n) is 2.33. The van der Waals surface area contributed by atoms with Gasteiger partial charge in [0.05, 0.1) is 12.2 Å². The summed E-state index contributed by atoms with van der Waals surface area (Å²) in [5.41, 5.74) is 8.99. The van der Waals surface area contributed by atoms with Crippen molar-refractivity contribution >= 4 is 11.6 Å². The number of aromatic nitrogens is 3. The van der Waals surface area contributed by atoms with E-state index in [0.29, 0.717) is 17.3 Å². The molecule has 0 spiro atoms. The highest BCUT2D eigenvalue weighted by atomic mass is 35.5. The van der Waals surface area contributed by atoms with Crippen molar-refractivity contribution in [3.63, 3.8) is 0 Å². The minimum atomic E-state index is -0.273. The van der Waals surface area contributed by atoms with Crippen LogP contribution in [-0.4, -0.2) is 15.0 Å². The zero-order valence-corrected chi connectivity index (χ0v) is 12.5. The van der Waals surface area contributed by atoms with Gasteiger partial charge in [-0.1, -0.05) is 41.1 Å². The first-order chi connectivity index (χ1) is 10.7. The molecule has 3 rings (SSSR count). The van der Waals surface area contributed by atoms with Crippen molar-refractivity contribution in [2.45, 2.75) is 13.1 Å².